The summed E-state index contributed by atoms with van der Waals surface area (Å²) in [6.07, 6.45) is 7.29. The molecule has 6 rings (SSSR count). The predicted octanol–water partition coefficient (Wildman–Crippen LogP) is 4.69. The molecule has 0 aromatic heterocycles. The van der Waals surface area contributed by atoms with Crippen LogP contribution >= 0.6 is 0 Å². The maximum Gasteiger partial charge on any atom is 0.253 e. The summed E-state index contributed by atoms with van der Waals surface area (Å²) in [7, 11) is 0. The van der Waals surface area contributed by atoms with Crippen LogP contribution in [0.4, 0.5) is 0 Å². The van der Waals surface area contributed by atoms with Crippen LogP contribution in [0.15, 0.2) is 42.5 Å². The number of piperidine rings is 1. The Morgan fingerprint density at radius 1 is 0.931 bits per heavy atom. The molecule has 4 nitrogen and oxygen atoms in total. The number of amides is 1. The molecule has 0 aliphatic carbocycles. The number of nitrogens with one attached hydrogen (secondary N) is 1. The third kappa shape index (κ3) is 2.96. The van der Waals surface area contributed by atoms with Crippen LogP contribution in [-0.2, 0) is 0 Å². The predicted molar refractivity (Wildman–Crippen MR) is 113 cm³/mol. The van der Waals surface area contributed by atoms with Gasteiger partial charge in [-0.2, -0.15) is 0 Å². The number of fused-ring (bicyclic) bond motifs is 4. The van der Waals surface area contributed by atoms with Gasteiger partial charge in [-0.25, -0.2) is 0 Å². The highest BCUT2D eigenvalue weighted by Gasteiger charge is 2.41. The number of carbonyl (C=O) groups excluding carboxylic acids is 1. The minimum atomic E-state index is 0.143. The van der Waals surface area contributed by atoms with Crippen LogP contribution in [0, 0.1) is 5.92 Å². The van der Waals surface area contributed by atoms with Gasteiger partial charge in [-0.3, -0.25) is 4.79 Å². The second-order valence-electron chi connectivity index (χ2n) is 9.24. The number of carbonyl (C=O) groups is 1. The Labute approximate surface area is 172 Å². The van der Waals surface area contributed by atoms with Gasteiger partial charge in [-0.1, -0.05) is 24.3 Å². The molecule has 0 saturated carbocycles. The Morgan fingerprint density at radius 2 is 1.66 bits per heavy atom. The van der Waals surface area contributed by atoms with E-state index >= 15 is 0 Å². The molecule has 3 saturated heterocycles. The van der Waals surface area contributed by atoms with Gasteiger partial charge in [0.15, 0.2) is 0 Å². The number of ether oxygens (including phenoxy) is 1. The Kier molecular flexibility index (Phi) is 4.15. The van der Waals surface area contributed by atoms with Gasteiger partial charge in [0.2, 0.25) is 0 Å². The van der Waals surface area contributed by atoms with E-state index in [4.69, 9.17) is 4.74 Å². The third-order valence-electron chi connectivity index (χ3n) is 7.44. The summed E-state index contributed by atoms with van der Waals surface area (Å²) in [5.74, 6) is 2.96. The molecule has 4 aliphatic rings. The number of likely N-dealkylation sites (tertiary alicyclic amines) is 1. The van der Waals surface area contributed by atoms with Crippen LogP contribution in [-0.4, -0.2) is 36.0 Å². The molecule has 2 aromatic rings. The molecule has 3 atom stereocenters. The van der Waals surface area contributed by atoms with Crippen LogP contribution in [0.1, 0.15) is 65.9 Å². The van der Waals surface area contributed by atoms with E-state index in [0.717, 1.165) is 43.0 Å². The molecule has 4 aliphatic heterocycles. The Morgan fingerprint density at radius 3 is 2.45 bits per heavy atom. The molecule has 0 spiro atoms. The highest BCUT2D eigenvalue weighted by molar-refractivity contribution is 5.95. The third-order valence-corrected chi connectivity index (χ3v) is 7.44. The number of rotatable bonds is 2. The molecule has 1 N–H and O–H groups in total. The van der Waals surface area contributed by atoms with Crippen LogP contribution in [0.5, 0.6) is 11.5 Å². The van der Waals surface area contributed by atoms with E-state index in [1.54, 1.807) is 0 Å². The van der Waals surface area contributed by atoms with E-state index in [9.17, 15) is 4.79 Å². The molecule has 2 bridgehead atoms. The Balaban J connectivity index is 1.39. The number of para-hydroxylation sites is 1. The quantitative estimate of drug-likeness (QED) is 0.811. The Bertz CT molecular complexity index is 938. The van der Waals surface area contributed by atoms with Crippen molar-refractivity contribution in [2.45, 2.75) is 56.5 Å². The Hall–Kier alpha value is -2.33. The first-order valence-electron chi connectivity index (χ1n) is 11.2. The van der Waals surface area contributed by atoms with Gasteiger partial charge in [0, 0.05) is 47.8 Å². The molecular weight excluding hydrogens is 360 g/mol. The highest BCUT2D eigenvalue weighted by atomic mass is 16.5. The maximum atomic E-state index is 12.9. The summed E-state index contributed by atoms with van der Waals surface area (Å²) in [6.45, 7) is 1.75. The molecule has 0 radical (unpaired) electrons. The average molecular weight is 389 g/mol. The van der Waals surface area contributed by atoms with Crippen molar-refractivity contribution in [1.82, 2.24) is 10.2 Å². The maximum absolute atomic E-state index is 12.9. The van der Waals surface area contributed by atoms with Crippen LogP contribution < -0.4 is 10.1 Å². The van der Waals surface area contributed by atoms with Gasteiger partial charge < -0.3 is 15.0 Å². The molecule has 3 unspecified atom stereocenters. The topological polar surface area (TPSA) is 41.6 Å². The van der Waals surface area contributed by atoms with Crippen molar-refractivity contribution in [3.63, 3.8) is 0 Å². The van der Waals surface area contributed by atoms with Gasteiger partial charge >= 0.3 is 0 Å². The minimum Gasteiger partial charge on any atom is -0.457 e. The smallest absolute Gasteiger partial charge is 0.253 e. The number of hydrogen-bond donors (Lipinski definition) is 1. The second kappa shape index (κ2) is 6.88. The van der Waals surface area contributed by atoms with Gasteiger partial charge in [-0.05, 0) is 62.6 Å². The zero-order valence-corrected chi connectivity index (χ0v) is 16.8. The van der Waals surface area contributed by atoms with E-state index in [2.05, 4.69) is 29.6 Å². The van der Waals surface area contributed by atoms with Crippen LogP contribution in [0.3, 0.4) is 0 Å². The lowest BCUT2D eigenvalue weighted by molar-refractivity contribution is 0.0792. The zero-order valence-electron chi connectivity index (χ0n) is 16.8. The largest absolute Gasteiger partial charge is 0.457 e. The molecule has 3 fully saturated rings. The zero-order chi connectivity index (χ0) is 19.4. The van der Waals surface area contributed by atoms with Crippen molar-refractivity contribution in [3.05, 3.63) is 59.2 Å². The van der Waals surface area contributed by atoms with Crippen molar-refractivity contribution in [2.75, 3.05) is 13.1 Å². The highest BCUT2D eigenvalue weighted by Crippen LogP contribution is 2.51. The van der Waals surface area contributed by atoms with Crippen LogP contribution in [0.25, 0.3) is 0 Å². The summed E-state index contributed by atoms with van der Waals surface area (Å²) in [5, 5.41) is 3.78. The average Bonchev–Trinajstić information content (AvgIpc) is 3.40. The van der Waals surface area contributed by atoms with E-state index in [1.165, 1.54) is 36.8 Å². The van der Waals surface area contributed by atoms with Gasteiger partial charge in [0.25, 0.3) is 5.91 Å². The van der Waals surface area contributed by atoms with Crippen molar-refractivity contribution in [3.8, 4) is 11.5 Å². The summed E-state index contributed by atoms with van der Waals surface area (Å²) < 4.78 is 6.33. The van der Waals surface area contributed by atoms with E-state index in [1.807, 2.05) is 23.1 Å². The number of benzene rings is 2. The first-order valence-corrected chi connectivity index (χ1v) is 11.2. The van der Waals surface area contributed by atoms with Crippen molar-refractivity contribution in [1.29, 1.82) is 0 Å². The SMILES string of the molecule is O=C(c1ccc2c(c1)Oc1ccccc1C2C1CC2CCC(C1)N2)N1CCCC1. The first kappa shape index (κ1) is 17.5. The van der Waals surface area contributed by atoms with Crippen molar-refractivity contribution < 1.29 is 9.53 Å². The molecule has 150 valence electrons. The molecule has 4 heterocycles. The standard InChI is InChI=1S/C25H28N2O2/c28-25(27-11-3-4-12-27)16-7-10-21-23(15-16)29-22-6-2-1-5-20(22)24(21)17-13-18-8-9-19(14-17)26-18/h1-2,5-7,10,15,17-19,24,26H,3-4,8-9,11-14H2. The number of nitrogens with zero attached hydrogens (tertiary/aromatic N) is 1. The lowest BCUT2D eigenvalue weighted by Crippen LogP contribution is -2.40. The molecule has 4 heteroatoms. The lowest BCUT2D eigenvalue weighted by atomic mass is 9.73. The van der Waals surface area contributed by atoms with Crippen molar-refractivity contribution >= 4 is 5.91 Å². The van der Waals surface area contributed by atoms with Gasteiger partial charge in [-0.15, -0.1) is 0 Å². The first-order chi connectivity index (χ1) is 14.3. The fourth-order valence-electron chi connectivity index (χ4n) is 6.11. The molecular formula is C25H28N2O2. The van der Waals surface area contributed by atoms with E-state index < -0.39 is 0 Å². The normalized spacial score (nSPS) is 29.9. The van der Waals surface area contributed by atoms with Gasteiger partial charge in [0.05, 0.1) is 0 Å². The molecule has 1 amide bonds. The van der Waals surface area contributed by atoms with Crippen molar-refractivity contribution in [2.24, 2.45) is 5.92 Å². The van der Waals surface area contributed by atoms with Gasteiger partial charge in [0.1, 0.15) is 11.5 Å². The fraction of sp³-hybridized carbons (Fsp3) is 0.480. The fourth-order valence-corrected chi connectivity index (χ4v) is 6.11. The summed E-state index contributed by atoms with van der Waals surface area (Å²) in [6, 6.07) is 16.0. The monoisotopic (exact) mass is 388 g/mol. The molecule has 29 heavy (non-hydrogen) atoms. The minimum absolute atomic E-state index is 0.143. The summed E-state index contributed by atoms with van der Waals surface area (Å²) >= 11 is 0. The lowest BCUT2D eigenvalue weighted by Gasteiger charge is -2.38. The number of hydrogen-bond acceptors (Lipinski definition) is 3. The summed E-state index contributed by atoms with van der Waals surface area (Å²) in [4.78, 5) is 14.9. The second-order valence-corrected chi connectivity index (χ2v) is 9.24. The van der Waals surface area contributed by atoms with Crippen LogP contribution in [0.2, 0.25) is 0 Å². The molecule has 2 aromatic carbocycles. The summed E-state index contributed by atoms with van der Waals surface area (Å²) in [5.41, 5.74) is 3.33. The van der Waals surface area contributed by atoms with E-state index in [-0.39, 0.29) is 5.91 Å². The van der Waals surface area contributed by atoms with E-state index in [0.29, 0.717) is 23.9 Å².